The largest absolute Gasteiger partial charge is 0.469 e. The van der Waals surface area contributed by atoms with E-state index in [4.69, 9.17) is 4.74 Å². The summed E-state index contributed by atoms with van der Waals surface area (Å²) >= 11 is 0. The number of rotatable bonds is 2. The van der Waals surface area contributed by atoms with Crippen molar-refractivity contribution in [1.82, 2.24) is 0 Å². The van der Waals surface area contributed by atoms with Crippen LogP contribution in [0.15, 0.2) is 24.3 Å². The van der Waals surface area contributed by atoms with Crippen LogP contribution in [0.5, 0.6) is 0 Å². The van der Waals surface area contributed by atoms with Gasteiger partial charge in [-0.3, -0.25) is 9.59 Å². The first kappa shape index (κ1) is 16.5. The number of methoxy groups -OCH3 is 1. The Labute approximate surface area is 132 Å². The van der Waals surface area contributed by atoms with Crippen LogP contribution < -0.4 is 4.90 Å². The maximum atomic E-state index is 12.7. The number of benzene rings is 1. The molecule has 0 aliphatic carbocycles. The highest BCUT2D eigenvalue weighted by atomic mass is 16.5. The molecule has 2 unspecified atom stereocenters. The van der Waals surface area contributed by atoms with E-state index in [0.717, 1.165) is 11.3 Å². The summed E-state index contributed by atoms with van der Waals surface area (Å²) in [4.78, 5) is 26.6. The van der Waals surface area contributed by atoms with Crippen molar-refractivity contribution < 1.29 is 14.3 Å². The van der Waals surface area contributed by atoms with Crippen LogP contribution in [0.25, 0.3) is 0 Å². The van der Waals surface area contributed by atoms with Gasteiger partial charge in [-0.25, -0.2) is 0 Å². The molecule has 2 rings (SSSR count). The maximum Gasteiger partial charge on any atom is 0.313 e. The van der Waals surface area contributed by atoms with Crippen LogP contribution in [0.3, 0.4) is 0 Å². The second-order valence-electron chi connectivity index (χ2n) is 7.22. The van der Waals surface area contributed by atoms with Gasteiger partial charge in [0.25, 0.3) is 0 Å². The monoisotopic (exact) mass is 303 g/mol. The fraction of sp³-hybridized carbons (Fsp3) is 0.556. The molecule has 2 atom stereocenters. The van der Waals surface area contributed by atoms with Gasteiger partial charge in [-0.05, 0) is 30.4 Å². The summed E-state index contributed by atoms with van der Waals surface area (Å²) in [5.41, 5.74) is 1.66. The standard InChI is InChI=1S/C18H25NO3/c1-12-10-14(17(21)22-5)13-8-6-7-9-15(13)19(12)16(20)11-18(2,3)4/h6-9,12,14H,10-11H2,1-5H3. The molecule has 0 spiro atoms. The van der Waals surface area contributed by atoms with Crippen LogP contribution in [-0.2, 0) is 14.3 Å². The first-order valence-electron chi connectivity index (χ1n) is 7.73. The molecule has 0 fully saturated rings. The Balaban J connectivity index is 2.40. The van der Waals surface area contributed by atoms with E-state index in [9.17, 15) is 9.59 Å². The van der Waals surface area contributed by atoms with Crippen LogP contribution >= 0.6 is 0 Å². The van der Waals surface area contributed by atoms with Gasteiger partial charge < -0.3 is 9.64 Å². The number of hydrogen-bond acceptors (Lipinski definition) is 3. The smallest absolute Gasteiger partial charge is 0.313 e. The lowest BCUT2D eigenvalue weighted by Crippen LogP contribution is -2.45. The first-order chi connectivity index (χ1) is 10.2. The van der Waals surface area contributed by atoms with Gasteiger partial charge in [0.2, 0.25) is 5.91 Å². The van der Waals surface area contributed by atoms with E-state index in [0.29, 0.717) is 12.8 Å². The molecule has 1 amide bonds. The van der Waals surface area contributed by atoms with Gasteiger partial charge in [-0.2, -0.15) is 0 Å². The van der Waals surface area contributed by atoms with Crippen LogP contribution in [0.4, 0.5) is 5.69 Å². The zero-order valence-electron chi connectivity index (χ0n) is 14.1. The van der Waals surface area contributed by atoms with Gasteiger partial charge >= 0.3 is 5.97 Å². The molecule has 4 nitrogen and oxygen atoms in total. The molecule has 0 saturated carbocycles. The van der Waals surface area contributed by atoms with Crippen molar-refractivity contribution in [1.29, 1.82) is 0 Å². The van der Waals surface area contributed by atoms with Gasteiger partial charge in [-0.15, -0.1) is 0 Å². The van der Waals surface area contributed by atoms with Crippen LogP contribution in [0.1, 0.15) is 52.0 Å². The van der Waals surface area contributed by atoms with Crippen molar-refractivity contribution >= 4 is 17.6 Å². The highest BCUT2D eigenvalue weighted by Crippen LogP contribution is 2.40. The zero-order chi connectivity index (χ0) is 16.5. The number of carbonyl (C=O) groups excluding carboxylic acids is 2. The lowest BCUT2D eigenvalue weighted by atomic mass is 9.84. The number of para-hydroxylation sites is 1. The summed E-state index contributed by atoms with van der Waals surface area (Å²) in [5.74, 6) is -0.423. The molecular weight excluding hydrogens is 278 g/mol. The third-order valence-electron chi connectivity index (χ3n) is 4.03. The van der Waals surface area contributed by atoms with Gasteiger partial charge in [0.15, 0.2) is 0 Å². The van der Waals surface area contributed by atoms with Gasteiger partial charge in [0, 0.05) is 18.2 Å². The van der Waals surface area contributed by atoms with E-state index in [-0.39, 0.29) is 29.3 Å². The molecule has 1 heterocycles. The molecule has 0 bridgehead atoms. The SMILES string of the molecule is COC(=O)C1CC(C)N(C(=O)CC(C)(C)C)c2ccccc21. The van der Waals surface area contributed by atoms with Crippen LogP contribution in [-0.4, -0.2) is 25.0 Å². The molecule has 0 saturated heterocycles. The number of nitrogens with zero attached hydrogens (tertiary/aromatic N) is 1. The second kappa shape index (κ2) is 6.11. The molecule has 0 aromatic heterocycles. The summed E-state index contributed by atoms with van der Waals surface area (Å²) < 4.78 is 4.93. The van der Waals surface area contributed by atoms with Crippen molar-refractivity contribution in [3.63, 3.8) is 0 Å². The first-order valence-corrected chi connectivity index (χ1v) is 7.73. The molecular formula is C18H25NO3. The molecule has 0 N–H and O–H groups in total. The maximum absolute atomic E-state index is 12.7. The van der Waals surface area contributed by atoms with E-state index in [1.807, 2.05) is 36.1 Å². The predicted molar refractivity (Wildman–Crippen MR) is 86.8 cm³/mol. The Morgan fingerprint density at radius 2 is 1.91 bits per heavy atom. The Kier molecular flexibility index (Phi) is 4.59. The number of anilines is 1. The van der Waals surface area contributed by atoms with E-state index in [1.54, 1.807) is 0 Å². The second-order valence-corrected chi connectivity index (χ2v) is 7.22. The Morgan fingerprint density at radius 3 is 2.50 bits per heavy atom. The molecule has 120 valence electrons. The zero-order valence-corrected chi connectivity index (χ0v) is 14.1. The fourth-order valence-corrected chi connectivity index (χ4v) is 3.10. The summed E-state index contributed by atoms with van der Waals surface area (Å²) in [6, 6.07) is 7.62. The average molecular weight is 303 g/mol. The molecule has 1 aromatic carbocycles. The number of ether oxygens (including phenoxy) is 1. The molecule has 0 radical (unpaired) electrons. The third-order valence-corrected chi connectivity index (χ3v) is 4.03. The number of carbonyl (C=O) groups is 2. The van der Waals surface area contributed by atoms with Crippen molar-refractivity contribution in [3.05, 3.63) is 29.8 Å². The average Bonchev–Trinajstić information content (AvgIpc) is 2.43. The van der Waals surface area contributed by atoms with Gasteiger partial charge in [-0.1, -0.05) is 39.0 Å². The molecule has 1 aromatic rings. The minimum Gasteiger partial charge on any atom is -0.469 e. The molecule has 4 heteroatoms. The molecule has 1 aliphatic heterocycles. The fourth-order valence-electron chi connectivity index (χ4n) is 3.10. The number of esters is 1. The van der Waals surface area contributed by atoms with Crippen molar-refractivity contribution in [2.24, 2.45) is 5.41 Å². The van der Waals surface area contributed by atoms with Crippen molar-refractivity contribution in [3.8, 4) is 0 Å². The van der Waals surface area contributed by atoms with E-state index in [1.165, 1.54) is 7.11 Å². The van der Waals surface area contributed by atoms with Crippen LogP contribution in [0.2, 0.25) is 0 Å². The number of fused-ring (bicyclic) bond motifs is 1. The summed E-state index contributed by atoms with van der Waals surface area (Å²) in [6.07, 6.45) is 1.08. The Hall–Kier alpha value is -1.84. The van der Waals surface area contributed by atoms with E-state index in [2.05, 4.69) is 20.8 Å². The quantitative estimate of drug-likeness (QED) is 0.786. The summed E-state index contributed by atoms with van der Waals surface area (Å²) in [5, 5.41) is 0. The topological polar surface area (TPSA) is 46.6 Å². The van der Waals surface area contributed by atoms with Crippen molar-refractivity contribution in [2.75, 3.05) is 12.0 Å². The Bertz CT molecular complexity index is 574. The van der Waals surface area contributed by atoms with Gasteiger partial charge in [0.1, 0.15) is 0 Å². The molecule has 22 heavy (non-hydrogen) atoms. The number of amides is 1. The minimum atomic E-state index is -0.296. The Morgan fingerprint density at radius 1 is 1.27 bits per heavy atom. The highest BCUT2D eigenvalue weighted by Gasteiger charge is 2.37. The van der Waals surface area contributed by atoms with E-state index < -0.39 is 0 Å². The van der Waals surface area contributed by atoms with Gasteiger partial charge in [0.05, 0.1) is 13.0 Å². The normalized spacial score (nSPS) is 21.2. The molecule has 1 aliphatic rings. The van der Waals surface area contributed by atoms with Crippen LogP contribution in [0, 0.1) is 5.41 Å². The summed E-state index contributed by atoms with van der Waals surface area (Å²) in [7, 11) is 1.41. The minimum absolute atomic E-state index is 0.0196. The van der Waals surface area contributed by atoms with Crippen molar-refractivity contribution in [2.45, 2.75) is 52.5 Å². The number of hydrogen-bond donors (Lipinski definition) is 0. The highest BCUT2D eigenvalue weighted by molar-refractivity contribution is 5.97. The third kappa shape index (κ3) is 3.32. The lowest BCUT2D eigenvalue weighted by molar-refractivity contribution is -0.143. The summed E-state index contributed by atoms with van der Waals surface area (Å²) in [6.45, 7) is 8.17. The van der Waals surface area contributed by atoms with E-state index >= 15 is 0 Å². The predicted octanol–water partition coefficient (Wildman–Crippen LogP) is 3.50. The lowest BCUT2D eigenvalue weighted by Gasteiger charge is -2.39.